The Morgan fingerprint density at radius 2 is 1.81 bits per heavy atom. The second kappa shape index (κ2) is 9.57. The van der Waals surface area contributed by atoms with E-state index < -0.39 is 0 Å². The summed E-state index contributed by atoms with van der Waals surface area (Å²) in [5, 5.41) is 4.08. The molecule has 1 aromatic carbocycles. The molecule has 0 spiro atoms. The van der Waals surface area contributed by atoms with Crippen LogP contribution in [-0.4, -0.2) is 34.5 Å². The Hall–Kier alpha value is -3.87. The van der Waals surface area contributed by atoms with E-state index >= 15 is 0 Å². The molecule has 0 atom stereocenters. The Morgan fingerprint density at radius 1 is 1.00 bits per heavy atom. The number of hydrazone groups is 1. The van der Waals surface area contributed by atoms with Gasteiger partial charge in [-0.3, -0.25) is 14.8 Å². The van der Waals surface area contributed by atoms with Crippen LogP contribution in [0.4, 0.5) is 0 Å². The van der Waals surface area contributed by atoms with Crippen LogP contribution in [0.2, 0.25) is 0 Å². The maximum Gasteiger partial charge on any atom is 0.271 e. The number of rotatable bonds is 6. The summed E-state index contributed by atoms with van der Waals surface area (Å²) < 4.78 is 5.67. The highest BCUT2D eigenvalue weighted by atomic mass is 16.5. The molecule has 0 aliphatic heterocycles. The van der Waals surface area contributed by atoms with Crippen LogP contribution in [0.1, 0.15) is 15.9 Å². The molecular formula is C20H17N5O2. The molecule has 134 valence electrons. The number of nitrogens with one attached hydrogen (secondary N) is 1. The maximum absolute atomic E-state index is 12.1. The highest BCUT2D eigenvalue weighted by Gasteiger charge is 2.05. The maximum atomic E-state index is 12.1. The van der Waals surface area contributed by atoms with Crippen LogP contribution in [0.5, 0.6) is 5.75 Å². The zero-order valence-electron chi connectivity index (χ0n) is 14.4. The monoisotopic (exact) mass is 359 g/mol. The highest BCUT2D eigenvalue weighted by Crippen LogP contribution is 2.08. The number of aliphatic imine (C=N–C) groups is 1. The molecule has 3 aromatic rings. The van der Waals surface area contributed by atoms with E-state index in [0.717, 1.165) is 5.56 Å². The van der Waals surface area contributed by atoms with E-state index in [1.807, 2.05) is 42.5 Å². The van der Waals surface area contributed by atoms with E-state index in [2.05, 4.69) is 25.5 Å². The zero-order valence-corrected chi connectivity index (χ0v) is 14.4. The molecule has 0 radical (unpaired) electrons. The second-order valence-electron chi connectivity index (χ2n) is 5.35. The molecule has 0 aliphatic carbocycles. The Labute approximate surface area is 156 Å². The fourth-order valence-electron chi connectivity index (χ4n) is 2.05. The van der Waals surface area contributed by atoms with Crippen LogP contribution in [0.3, 0.4) is 0 Å². The van der Waals surface area contributed by atoms with Crippen LogP contribution in [0, 0.1) is 0 Å². The van der Waals surface area contributed by atoms with Crippen molar-refractivity contribution in [3.05, 3.63) is 90.5 Å². The smallest absolute Gasteiger partial charge is 0.271 e. The summed E-state index contributed by atoms with van der Waals surface area (Å²) in [5.74, 6) is 0.638. The Morgan fingerprint density at radius 3 is 2.56 bits per heavy atom. The minimum atomic E-state index is -0.355. The third-order valence-electron chi connectivity index (χ3n) is 3.39. The average molecular weight is 359 g/mol. The summed E-state index contributed by atoms with van der Waals surface area (Å²) in [7, 11) is 0. The molecule has 1 amide bonds. The van der Waals surface area contributed by atoms with Crippen LogP contribution >= 0.6 is 0 Å². The molecule has 1 N–H and O–H groups in total. The number of ether oxygens (including phenoxy) is 1. The number of amides is 1. The van der Waals surface area contributed by atoms with Gasteiger partial charge in [-0.15, -0.1) is 0 Å². The van der Waals surface area contributed by atoms with Crippen molar-refractivity contribution in [2.75, 3.05) is 6.61 Å². The van der Waals surface area contributed by atoms with Gasteiger partial charge in [-0.05, 0) is 30.3 Å². The third kappa shape index (κ3) is 5.86. The molecule has 7 nitrogen and oxygen atoms in total. The number of amidine groups is 1. The summed E-state index contributed by atoms with van der Waals surface area (Å²) in [6, 6.07) is 16.2. The number of pyridine rings is 2. The summed E-state index contributed by atoms with van der Waals surface area (Å²) in [6.07, 6.45) is 8.05. The Balaban J connectivity index is 1.71. The number of para-hydroxylation sites is 1. The first-order valence-corrected chi connectivity index (χ1v) is 8.20. The first-order chi connectivity index (χ1) is 13.3. The van der Waals surface area contributed by atoms with E-state index in [0.29, 0.717) is 17.1 Å². The molecular weight excluding hydrogens is 342 g/mol. The fourth-order valence-corrected chi connectivity index (χ4v) is 2.05. The van der Waals surface area contributed by atoms with Gasteiger partial charge in [0, 0.05) is 42.1 Å². The normalized spacial score (nSPS) is 11.3. The number of benzene rings is 1. The molecule has 7 heteroatoms. The van der Waals surface area contributed by atoms with E-state index in [9.17, 15) is 4.79 Å². The van der Waals surface area contributed by atoms with Gasteiger partial charge in [0.25, 0.3) is 5.91 Å². The van der Waals surface area contributed by atoms with Gasteiger partial charge in [0.2, 0.25) is 0 Å². The summed E-state index contributed by atoms with van der Waals surface area (Å²) in [4.78, 5) is 24.4. The Kier molecular flexibility index (Phi) is 6.36. The molecule has 0 saturated carbocycles. The lowest BCUT2D eigenvalue weighted by molar-refractivity contribution is 0.0954. The molecule has 2 aromatic heterocycles. The van der Waals surface area contributed by atoms with Gasteiger partial charge in [0.05, 0.1) is 0 Å². The van der Waals surface area contributed by atoms with Crippen molar-refractivity contribution in [2.45, 2.75) is 0 Å². The van der Waals surface area contributed by atoms with Gasteiger partial charge in [-0.1, -0.05) is 24.3 Å². The lowest BCUT2D eigenvalue weighted by Gasteiger charge is -2.06. The van der Waals surface area contributed by atoms with Crippen molar-refractivity contribution in [3.63, 3.8) is 0 Å². The largest absolute Gasteiger partial charge is 0.486 e. The number of carbonyl (C=O) groups is 1. The summed E-state index contributed by atoms with van der Waals surface area (Å²) in [6.45, 7) is 0.0946. The highest BCUT2D eigenvalue weighted by molar-refractivity contribution is 5.98. The number of carbonyl (C=O) groups excluding carboxylic acids is 1. The number of aromatic nitrogens is 2. The van der Waals surface area contributed by atoms with E-state index in [1.54, 1.807) is 43.1 Å². The number of hydrogen-bond acceptors (Lipinski definition) is 5. The van der Waals surface area contributed by atoms with Crippen molar-refractivity contribution in [1.82, 2.24) is 15.4 Å². The van der Waals surface area contributed by atoms with Crippen molar-refractivity contribution < 1.29 is 9.53 Å². The first-order valence-electron chi connectivity index (χ1n) is 8.20. The molecule has 0 saturated heterocycles. The van der Waals surface area contributed by atoms with Crippen molar-refractivity contribution >= 4 is 18.0 Å². The second-order valence-corrected chi connectivity index (χ2v) is 5.35. The Bertz CT molecular complexity index is 913. The quantitative estimate of drug-likeness (QED) is 0.416. The van der Waals surface area contributed by atoms with Gasteiger partial charge >= 0.3 is 0 Å². The minimum Gasteiger partial charge on any atom is -0.486 e. The molecule has 2 heterocycles. The van der Waals surface area contributed by atoms with Crippen molar-refractivity contribution in [2.24, 2.45) is 10.1 Å². The van der Waals surface area contributed by atoms with Gasteiger partial charge in [0.15, 0.2) is 5.84 Å². The van der Waals surface area contributed by atoms with Crippen molar-refractivity contribution in [3.8, 4) is 5.75 Å². The molecule has 0 aliphatic rings. The predicted octanol–water partition coefficient (Wildman–Crippen LogP) is 2.72. The van der Waals surface area contributed by atoms with Gasteiger partial charge < -0.3 is 4.74 Å². The van der Waals surface area contributed by atoms with E-state index in [1.165, 1.54) is 0 Å². The first kappa shape index (κ1) is 17.9. The van der Waals surface area contributed by atoms with Gasteiger partial charge in [-0.25, -0.2) is 10.4 Å². The van der Waals surface area contributed by atoms with Crippen LogP contribution < -0.4 is 10.2 Å². The standard InChI is InChI=1S/C20H17N5O2/c26-20(17-8-11-21-12-9-17)25-24-19(15-27-18-6-2-1-3-7-18)23-14-16-5-4-10-22-13-16/h1-14H,15H2,(H,25,26)/b23-14?,24-19+. The third-order valence-corrected chi connectivity index (χ3v) is 3.39. The lowest BCUT2D eigenvalue weighted by atomic mass is 10.3. The summed E-state index contributed by atoms with van der Waals surface area (Å²) >= 11 is 0. The van der Waals surface area contributed by atoms with Crippen LogP contribution in [0.25, 0.3) is 0 Å². The minimum absolute atomic E-state index is 0.0946. The summed E-state index contributed by atoms with van der Waals surface area (Å²) in [5.41, 5.74) is 3.75. The predicted molar refractivity (Wildman–Crippen MR) is 103 cm³/mol. The van der Waals surface area contributed by atoms with Crippen LogP contribution in [-0.2, 0) is 0 Å². The van der Waals surface area contributed by atoms with Gasteiger partial charge in [-0.2, -0.15) is 5.10 Å². The zero-order chi connectivity index (χ0) is 18.7. The molecule has 3 rings (SSSR count). The topological polar surface area (TPSA) is 88.8 Å². The number of nitrogens with zero attached hydrogens (tertiary/aromatic N) is 4. The van der Waals surface area contributed by atoms with Crippen LogP contribution in [0.15, 0.2) is 89.5 Å². The average Bonchev–Trinajstić information content (AvgIpc) is 2.75. The van der Waals surface area contributed by atoms with E-state index in [-0.39, 0.29) is 12.5 Å². The molecule has 27 heavy (non-hydrogen) atoms. The fraction of sp³-hybridized carbons (Fsp3) is 0.0500. The lowest BCUT2D eigenvalue weighted by Crippen LogP contribution is -2.21. The number of hydrogen-bond donors (Lipinski definition) is 1. The SMILES string of the molecule is O=C(N/N=C(\COc1ccccc1)N=Cc1cccnc1)c1ccncc1. The van der Waals surface area contributed by atoms with Crippen molar-refractivity contribution in [1.29, 1.82) is 0 Å². The van der Waals surface area contributed by atoms with E-state index in [4.69, 9.17) is 4.74 Å². The van der Waals surface area contributed by atoms with Gasteiger partial charge in [0.1, 0.15) is 12.4 Å². The molecule has 0 bridgehead atoms. The molecule has 0 unspecified atom stereocenters. The molecule has 0 fully saturated rings.